The fourth-order valence-corrected chi connectivity index (χ4v) is 2.12. The van der Waals surface area contributed by atoms with Crippen molar-refractivity contribution in [1.29, 1.82) is 0 Å². The normalized spacial score (nSPS) is 16.6. The Bertz CT molecular complexity index is 405. The van der Waals surface area contributed by atoms with E-state index in [9.17, 15) is 4.79 Å². The molecule has 0 saturated heterocycles. The summed E-state index contributed by atoms with van der Waals surface area (Å²) in [4.78, 5) is 13.4. The van der Waals surface area contributed by atoms with Crippen LogP contribution in [0.5, 0.6) is 0 Å². The van der Waals surface area contributed by atoms with Crippen LogP contribution < -0.4 is 16.0 Å². The molecule has 3 N–H and O–H groups in total. The summed E-state index contributed by atoms with van der Waals surface area (Å²) >= 11 is 0. The Morgan fingerprint density at radius 2 is 2.29 bits per heavy atom. The van der Waals surface area contributed by atoms with Crippen molar-refractivity contribution in [2.45, 2.75) is 13.3 Å². The maximum atomic E-state index is 11.2. The molecule has 0 bridgehead atoms. The lowest BCUT2D eigenvalue weighted by Gasteiger charge is -2.26. The van der Waals surface area contributed by atoms with Crippen LogP contribution in [0.15, 0.2) is 24.3 Å². The molecule has 1 aliphatic rings. The average molecular weight is 233 g/mol. The lowest BCUT2D eigenvalue weighted by atomic mass is 10.1. The number of nitrogens with one attached hydrogen (secondary N) is 1. The summed E-state index contributed by atoms with van der Waals surface area (Å²) in [6, 6.07) is 8.20. The van der Waals surface area contributed by atoms with Gasteiger partial charge in [-0.2, -0.15) is 0 Å². The molecule has 0 aliphatic carbocycles. The van der Waals surface area contributed by atoms with Crippen LogP contribution in [0.3, 0.4) is 0 Å². The van der Waals surface area contributed by atoms with Gasteiger partial charge in [0.15, 0.2) is 0 Å². The second-order valence-corrected chi connectivity index (χ2v) is 4.55. The first-order valence-electron chi connectivity index (χ1n) is 6.05. The molecule has 4 nitrogen and oxygen atoms in total. The van der Waals surface area contributed by atoms with Crippen LogP contribution in [0.25, 0.3) is 0 Å². The monoisotopic (exact) mass is 233 g/mol. The number of hydrogen-bond acceptors (Lipinski definition) is 3. The molecule has 0 saturated carbocycles. The van der Waals surface area contributed by atoms with E-state index in [4.69, 9.17) is 5.73 Å². The first-order valence-corrected chi connectivity index (χ1v) is 6.05. The topological polar surface area (TPSA) is 58.4 Å². The molecule has 1 aliphatic heterocycles. The maximum absolute atomic E-state index is 11.2. The molecule has 1 aromatic rings. The van der Waals surface area contributed by atoms with E-state index >= 15 is 0 Å². The molecule has 1 amide bonds. The lowest BCUT2D eigenvalue weighted by molar-refractivity contribution is -0.121. The van der Waals surface area contributed by atoms with E-state index in [-0.39, 0.29) is 11.8 Å². The number of carbonyl (C=O) groups excluding carboxylic acids is 1. The zero-order chi connectivity index (χ0) is 12.3. The highest BCUT2D eigenvalue weighted by Crippen LogP contribution is 2.28. The molecule has 1 heterocycles. The SMILES string of the molecule is CC(CN1CCCNc2ccccc21)C(N)=O. The van der Waals surface area contributed by atoms with Gasteiger partial charge in [0.05, 0.1) is 17.3 Å². The Balaban J connectivity index is 2.20. The van der Waals surface area contributed by atoms with Crippen LogP contribution in [0.4, 0.5) is 11.4 Å². The van der Waals surface area contributed by atoms with Gasteiger partial charge < -0.3 is 16.0 Å². The van der Waals surface area contributed by atoms with Crippen LogP contribution in [-0.4, -0.2) is 25.5 Å². The minimum Gasteiger partial charge on any atom is -0.383 e. The lowest BCUT2D eigenvalue weighted by Crippen LogP contribution is -2.35. The van der Waals surface area contributed by atoms with Gasteiger partial charge in [-0.25, -0.2) is 0 Å². The molecule has 0 radical (unpaired) electrons. The number of nitrogens with two attached hydrogens (primary N) is 1. The molecule has 0 fully saturated rings. The highest BCUT2D eigenvalue weighted by atomic mass is 16.1. The van der Waals surface area contributed by atoms with Crippen LogP contribution in [-0.2, 0) is 4.79 Å². The summed E-state index contributed by atoms with van der Waals surface area (Å²) in [7, 11) is 0. The second kappa shape index (κ2) is 5.08. The summed E-state index contributed by atoms with van der Waals surface area (Å²) in [5.41, 5.74) is 7.64. The molecule has 0 spiro atoms. The molecule has 1 atom stereocenters. The fraction of sp³-hybridized carbons (Fsp3) is 0.462. The standard InChI is InChI=1S/C13H19N3O/c1-10(13(14)17)9-16-8-4-7-15-11-5-2-3-6-12(11)16/h2-3,5-6,10,15H,4,7-9H2,1H3,(H2,14,17). The highest BCUT2D eigenvalue weighted by molar-refractivity contribution is 5.78. The molecule has 4 heteroatoms. The third kappa shape index (κ3) is 2.70. The van der Waals surface area contributed by atoms with Crippen molar-refractivity contribution >= 4 is 17.3 Å². The maximum Gasteiger partial charge on any atom is 0.222 e. The van der Waals surface area contributed by atoms with E-state index in [1.807, 2.05) is 19.1 Å². The van der Waals surface area contributed by atoms with Gasteiger partial charge in [0.2, 0.25) is 5.91 Å². The van der Waals surface area contributed by atoms with E-state index in [1.54, 1.807) is 0 Å². The molecule has 92 valence electrons. The predicted molar refractivity (Wildman–Crippen MR) is 70.1 cm³/mol. The fourth-order valence-electron chi connectivity index (χ4n) is 2.12. The van der Waals surface area contributed by atoms with Gasteiger partial charge in [0.25, 0.3) is 0 Å². The van der Waals surface area contributed by atoms with E-state index in [2.05, 4.69) is 22.3 Å². The van der Waals surface area contributed by atoms with Crippen molar-refractivity contribution in [3.63, 3.8) is 0 Å². The summed E-state index contributed by atoms with van der Waals surface area (Å²) in [6.07, 6.45) is 1.07. The molecular weight excluding hydrogens is 214 g/mol. The third-order valence-corrected chi connectivity index (χ3v) is 3.14. The van der Waals surface area contributed by atoms with E-state index < -0.39 is 0 Å². The number of hydrogen-bond donors (Lipinski definition) is 2. The van der Waals surface area contributed by atoms with Crippen molar-refractivity contribution in [2.75, 3.05) is 29.9 Å². The number of para-hydroxylation sites is 2. The van der Waals surface area contributed by atoms with E-state index in [0.29, 0.717) is 6.54 Å². The quantitative estimate of drug-likeness (QED) is 0.830. The number of benzene rings is 1. The van der Waals surface area contributed by atoms with Crippen molar-refractivity contribution < 1.29 is 4.79 Å². The first-order chi connectivity index (χ1) is 8.18. The molecule has 1 unspecified atom stereocenters. The number of primary amides is 1. The first kappa shape index (κ1) is 11.8. The van der Waals surface area contributed by atoms with Crippen LogP contribution in [0.2, 0.25) is 0 Å². The second-order valence-electron chi connectivity index (χ2n) is 4.55. The Kier molecular flexibility index (Phi) is 3.52. The Morgan fingerprint density at radius 3 is 3.06 bits per heavy atom. The summed E-state index contributed by atoms with van der Waals surface area (Å²) < 4.78 is 0. The molecule has 0 aromatic heterocycles. The molecule has 2 rings (SSSR count). The number of rotatable bonds is 3. The molecule has 1 aromatic carbocycles. The number of fused-ring (bicyclic) bond motifs is 1. The zero-order valence-electron chi connectivity index (χ0n) is 10.1. The summed E-state index contributed by atoms with van der Waals surface area (Å²) in [5.74, 6) is -0.360. The number of carbonyl (C=O) groups is 1. The Labute approximate surface area is 102 Å². The highest BCUT2D eigenvalue weighted by Gasteiger charge is 2.18. The van der Waals surface area contributed by atoms with Gasteiger partial charge in [-0.05, 0) is 18.6 Å². The smallest absolute Gasteiger partial charge is 0.222 e. The van der Waals surface area contributed by atoms with Gasteiger partial charge in [0, 0.05) is 19.6 Å². The Hall–Kier alpha value is -1.71. The van der Waals surface area contributed by atoms with Crippen LogP contribution in [0.1, 0.15) is 13.3 Å². The van der Waals surface area contributed by atoms with Gasteiger partial charge in [-0.3, -0.25) is 4.79 Å². The molecule has 17 heavy (non-hydrogen) atoms. The number of anilines is 2. The number of nitrogens with zero attached hydrogens (tertiary/aromatic N) is 1. The van der Waals surface area contributed by atoms with Gasteiger partial charge in [-0.1, -0.05) is 19.1 Å². The zero-order valence-corrected chi connectivity index (χ0v) is 10.1. The van der Waals surface area contributed by atoms with Gasteiger partial charge in [-0.15, -0.1) is 0 Å². The van der Waals surface area contributed by atoms with Crippen molar-refractivity contribution in [2.24, 2.45) is 11.7 Å². The van der Waals surface area contributed by atoms with Gasteiger partial charge >= 0.3 is 0 Å². The minimum atomic E-state index is -0.236. The predicted octanol–water partition coefficient (Wildman–Crippen LogP) is 1.43. The Morgan fingerprint density at radius 1 is 1.53 bits per heavy atom. The summed E-state index contributed by atoms with van der Waals surface area (Å²) in [6.45, 7) is 4.50. The van der Waals surface area contributed by atoms with E-state index in [1.165, 1.54) is 0 Å². The largest absolute Gasteiger partial charge is 0.383 e. The van der Waals surface area contributed by atoms with Gasteiger partial charge in [0.1, 0.15) is 0 Å². The van der Waals surface area contributed by atoms with Crippen molar-refractivity contribution in [1.82, 2.24) is 0 Å². The minimum absolute atomic E-state index is 0.124. The van der Waals surface area contributed by atoms with Crippen molar-refractivity contribution in [3.05, 3.63) is 24.3 Å². The van der Waals surface area contributed by atoms with Crippen LogP contribution in [0, 0.1) is 5.92 Å². The van der Waals surface area contributed by atoms with E-state index in [0.717, 1.165) is 30.9 Å². The molecular formula is C13H19N3O. The third-order valence-electron chi connectivity index (χ3n) is 3.14. The average Bonchev–Trinajstić information content (AvgIpc) is 2.52. The number of amides is 1. The van der Waals surface area contributed by atoms with Crippen LogP contribution >= 0.6 is 0 Å². The van der Waals surface area contributed by atoms with Crippen molar-refractivity contribution in [3.8, 4) is 0 Å². The summed E-state index contributed by atoms with van der Waals surface area (Å²) in [5, 5.41) is 3.40.